The smallest absolute Gasteiger partial charge is 0.234 e. The van der Waals surface area contributed by atoms with Gasteiger partial charge in [0, 0.05) is 29.2 Å². The summed E-state index contributed by atoms with van der Waals surface area (Å²) in [5.74, 6) is -0.751. The zero-order chi connectivity index (χ0) is 20.2. The van der Waals surface area contributed by atoms with E-state index in [4.69, 9.17) is 0 Å². The minimum atomic E-state index is -0.571. The van der Waals surface area contributed by atoms with Crippen molar-refractivity contribution in [1.29, 1.82) is 0 Å². The Labute approximate surface area is 168 Å². The molecule has 0 aliphatic carbocycles. The zero-order valence-corrected chi connectivity index (χ0v) is 16.3. The molecular weight excluding hydrogens is 372 g/mol. The highest BCUT2D eigenvalue weighted by Crippen LogP contribution is 2.32. The van der Waals surface area contributed by atoms with E-state index in [-0.39, 0.29) is 24.4 Å². The van der Waals surface area contributed by atoms with Crippen LogP contribution in [0, 0.1) is 11.6 Å². The van der Waals surface area contributed by atoms with Crippen molar-refractivity contribution in [2.75, 3.05) is 26.2 Å². The van der Waals surface area contributed by atoms with Gasteiger partial charge >= 0.3 is 0 Å². The number of H-pyrrole nitrogens is 1. The second-order valence-electron chi connectivity index (χ2n) is 7.64. The monoisotopic (exact) mass is 397 g/mol. The molecule has 1 amide bonds. The maximum Gasteiger partial charge on any atom is 0.234 e. The summed E-state index contributed by atoms with van der Waals surface area (Å²) in [5, 5.41) is 4.06. The van der Waals surface area contributed by atoms with Crippen LogP contribution in [0.3, 0.4) is 0 Å². The van der Waals surface area contributed by atoms with Crippen molar-refractivity contribution < 1.29 is 13.6 Å². The van der Waals surface area contributed by atoms with Gasteiger partial charge in [-0.05, 0) is 62.0 Å². The molecule has 1 aliphatic rings. The van der Waals surface area contributed by atoms with Crippen LogP contribution < -0.4 is 5.32 Å². The van der Waals surface area contributed by atoms with Gasteiger partial charge in [0.05, 0.1) is 6.54 Å². The number of nitrogens with zero attached hydrogens (tertiary/aromatic N) is 1. The van der Waals surface area contributed by atoms with E-state index in [9.17, 15) is 13.6 Å². The Bertz CT molecular complexity index is 972. The summed E-state index contributed by atoms with van der Waals surface area (Å²) < 4.78 is 27.3. The predicted octanol–water partition coefficient (Wildman–Crippen LogP) is 3.98. The standard InChI is InChI=1S/C23H25F2N3O/c24-20-5-3-6-21(25)18(20)8-11-26-23(29)15-28-12-9-16(10-13-28)19-14-27-22-7-2-1-4-17(19)22/h1-7,14,16,27H,8-13,15H2,(H,26,29). The molecule has 2 aromatic carbocycles. The summed E-state index contributed by atoms with van der Waals surface area (Å²) >= 11 is 0. The number of hydrogen-bond donors (Lipinski definition) is 2. The van der Waals surface area contributed by atoms with Crippen LogP contribution in [0.15, 0.2) is 48.7 Å². The van der Waals surface area contributed by atoms with Crippen LogP contribution in [-0.4, -0.2) is 42.0 Å². The fraction of sp³-hybridized carbons (Fsp3) is 0.348. The van der Waals surface area contributed by atoms with Gasteiger partial charge in [-0.15, -0.1) is 0 Å². The number of carbonyl (C=O) groups is 1. The molecule has 0 unspecified atom stereocenters. The third-order valence-electron chi connectivity index (χ3n) is 5.77. The first-order valence-electron chi connectivity index (χ1n) is 10.1. The zero-order valence-electron chi connectivity index (χ0n) is 16.3. The lowest BCUT2D eigenvalue weighted by molar-refractivity contribution is -0.122. The van der Waals surface area contributed by atoms with Gasteiger partial charge < -0.3 is 10.3 Å². The highest BCUT2D eigenvalue weighted by atomic mass is 19.1. The summed E-state index contributed by atoms with van der Waals surface area (Å²) in [7, 11) is 0. The van der Waals surface area contributed by atoms with Gasteiger partial charge in [-0.3, -0.25) is 9.69 Å². The highest BCUT2D eigenvalue weighted by Gasteiger charge is 2.23. The lowest BCUT2D eigenvalue weighted by atomic mass is 9.89. The Hall–Kier alpha value is -2.73. The molecule has 0 saturated carbocycles. The molecule has 152 valence electrons. The van der Waals surface area contributed by atoms with Crippen molar-refractivity contribution in [3.8, 4) is 0 Å². The number of halogens is 2. The number of amides is 1. The molecule has 29 heavy (non-hydrogen) atoms. The van der Waals surface area contributed by atoms with Crippen LogP contribution >= 0.6 is 0 Å². The summed E-state index contributed by atoms with van der Waals surface area (Å²) in [6, 6.07) is 12.1. The molecule has 1 aromatic heterocycles. The van der Waals surface area contributed by atoms with Crippen molar-refractivity contribution in [2.24, 2.45) is 0 Å². The van der Waals surface area contributed by atoms with E-state index in [1.54, 1.807) is 0 Å². The van der Waals surface area contributed by atoms with E-state index in [1.807, 2.05) is 6.07 Å². The van der Waals surface area contributed by atoms with Gasteiger partial charge in [0.1, 0.15) is 11.6 Å². The van der Waals surface area contributed by atoms with Gasteiger partial charge in [-0.1, -0.05) is 24.3 Å². The normalized spacial score (nSPS) is 15.7. The SMILES string of the molecule is O=C(CN1CCC(c2c[nH]c3ccccc23)CC1)NCCc1c(F)cccc1F. The number of nitrogens with one attached hydrogen (secondary N) is 2. The fourth-order valence-electron chi connectivity index (χ4n) is 4.19. The maximum atomic E-state index is 13.6. The first-order chi connectivity index (χ1) is 14.1. The van der Waals surface area contributed by atoms with Crippen LogP contribution in [0.4, 0.5) is 8.78 Å². The Morgan fingerprint density at radius 1 is 1.07 bits per heavy atom. The average molecular weight is 397 g/mol. The second kappa shape index (κ2) is 8.74. The van der Waals surface area contributed by atoms with Crippen LogP contribution in [0.1, 0.15) is 29.9 Å². The molecule has 1 saturated heterocycles. The molecule has 6 heteroatoms. The Morgan fingerprint density at radius 2 is 1.79 bits per heavy atom. The Kier molecular flexibility index (Phi) is 5.90. The third kappa shape index (κ3) is 4.48. The van der Waals surface area contributed by atoms with Crippen molar-refractivity contribution in [3.63, 3.8) is 0 Å². The molecule has 0 spiro atoms. The van der Waals surface area contributed by atoms with E-state index in [1.165, 1.54) is 29.1 Å². The molecule has 1 aliphatic heterocycles. The number of aromatic amines is 1. The second-order valence-corrected chi connectivity index (χ2v) is 7.64. The topological polar surface area (TPSA) is 48.1 Å². The minimum absolute atomic E-state index is 0.0207. The van der Waals surface area contributed by atoms with Crippen molar-refractivity contribution in [3.05, 3.63) is 71.4 Å². The molecular formula is C23H25F2N3O. The number of piperidine rings is 1. The molecule has 4 rings (SSSR count). The highest BCUT2D eigenvalue weighted by molar-refractivity contribution is 5.83. The van der Waals surface area contributed by atoms with Gasteiger partial charge in [0.2, 0.25) is 5.91 Å². The summed E-state index contributed by atoms with van der Waals surface area (Å²) in [6.07, 6.45) is 4.28. The molecule has 2 N–H and O–H groups in total. The van der Waals surface area contributed by atoms with E-state index < -0.39 is 11.6 Å². The minimum Gasteiger partial charge on any atom is -0.361 e. The number of carbonyl (C=O) groups excluding carboxylic acids is 1. The molecule has 1 fully saturated rings. The quantitative estimate of drug-likeness (QED) is 0.661. The predicted molar refractivity (Wildman–Crippen MR) is 110 cm³/mol. The van der Waals surface area contributed by atoms with Crippen LogP contribution in [0.25, 0.3) is 10.9 Å². The molecule has 3 aromatic rings. The number of hydrogen-bond acceptors (Lipinski definition) is 2. The summed E-state index contributed by atoms with van der Waals surface area (Å²) in [5.41, 5.74) is 2.54. The van der Waals surface area contributed by atoms with Crippen molar-refractivity contribution in [1.82, 2.24) is 15.2 Å². The number of benzene rings is 2. The van der Waals surface area contributed by atoms with Gasteiger partial charge in [-0.2, -0.15) is 0 Å². The van der Waals surface area contributed by atoms with E-state index in [0.717, 1.165) is 31.4 Å². The number of fused-ring (bicyclic) bond motifs is 1. The third-order valence-corrected chi connectivity index (χ3v) is 5.77. The van der Waals surface area contributed by atoms with E-state index >= 15 is 0 Å². The molecule has 4 nitrogen and oxygen atoms in total. The molecule has 0 bridgehead atoms. The Balaban J connectivity index is 1.24. The van der Waals surface area contributed by atoms with Gasteiger partial charge in [0.15, 0.2) is 0 Å². The van der Waals surface area contributed by atoms with Crippen molar-refractivity contribution >= 4 is 16.8 Å². The molecule has 0 radical (unpaired) electrons. The lowest BCUT2D eigenvalue weighted by Gasteiger charge is -2.31. The summed E-state index contributed by atoms with van der Waals surface area (Å²) in [6.45, 7) is 2.27. The average Bonchev–Trinajstić information content (AvgIpc) is 3.15. The molecule has 0 atom stereocenters. The van der Waals surface area contributed by atoms with Gasteiger partial charge in [0.25, 0.3) is 0 Å². The first kappa shape index (κ1) is 19.6. The number of aromatic nitrogens is 1. The lowest BCUT2D eigenvalue weighted by Crippen LogP contribution is -2.41. The number of likely N-dealkylation sites (tertiary alicyclic amines) is 1. The molecule has 2 heterocycles. The van der Waals surface area contributed by atoms with Crippen LogP contribution in [-0.2, 0) is 11.2 Å². The van der Waals surface area contributed by atoms with Crippen LogP contribution in [0.5, 0.6) is 0 Å². The van der Waals surface area contributed by atoms with E-state index in [2.05, 4.69) is 39.6 Å². The van der Waals surface area contributed by atoms with Crippen molar-refractivity contribution in [2.45, 2.75) is 25.2 Å². The van der Waals surface area contributed by atoms with Crippen LogP contribution in [0.2, 0.25) is 0 Å². The first-order valence-corrected chi connectivity index (χ1v) is 10.1. The number of para-hydroxylation sites is 1. The largest absolute Gasteiger partial charge is 0.361 e. The maximum absolute atomic E-state index is 13.6. The van der Waals surface area contributed by atoms with E-state index in [0.29, 0.717) is 12.5 Å². The number of rotatable bonds is 6. The summed E-state index contributed by atoms with van der Waals surface area (Å²) in [4.78, 5) is 17.7. The Morgan fingerprint density at radius 3 is 2.55 bits per heavy atom. The fourth-order valence-corrected chi connectivity index (χ4v) is 4.19. The van der Waals surface area contributed by atoms with Gasteiger partial charge in [-0.25, -0.2) is 8.78 Å².